The molecule has 0 radical (unpaired) electrons. The molecule has 1 N–H and O–H groups in total. The highest BCUT2D eigenvalue weighted by atomic mass is 32.1. The Morgan fingerprint density at radius 3 is 2.85 bits per heavy atom. The number of thiophene rings is 1. The molecule has 0 aliphatic heterocycles. The van der Waals surface area contributed by atoms with Crippen LogP contribution in [-0.4, -0.2) is 36.1 Å². The molecule has 4 heteroatoms. The average molecular weight is 293 g/mol. The number of carbonyl (C=O) groups excluding carboxylic acids is 1. The quantitative estimate of drug-likeness (QED) is 0.848. The van der Waals surface area contributed by atoms with Crippen LogP contribution in [0, 0.1) is 24.7 Å². The Bertz CT molecular complexity index is 510. The van der Waals surface area contributed by atoms with Crippen molar-refractivity contribution in [1.82, 2.24) is 4.90 Å². The molecule has 0 aliphatic rings. The molecule has 20 heavy (non-hydrogen) atoms. The van der Waals surface area contributed by atoms with Gasteiger partial charge >= 0.3 is 0 Å². The Labute approximate surface area is 125 Å². The van der Waals surface area contributed by atoms with Crippen molar-refractivity contribution in [1.29, 1.82) is 0 Å². The summed E-state index contributed by atoms with van der Waals surface area (Å²) in [5.41, 5.74) is 1.03. The normalized spacial score (nSPS) is 11.7. The van der Waals surface area contributed by atoms with Crippen molar-refractivity contribution < 1.29 is 9.90 Å². The average Bonchev–Trinajstić information content (AvgIpc) is 2.79. The third-order valence-electron chi connectivity index (χ3n) is 3.20. The summed E-state index contributed by atoms with van der Waals surface area (Å²) in [6, 6.07) is 1.91. The Morgan fingerprint density at radius 2 is 2.25 bits per heavy atom. The molecule has 110 valence electrons. The minimum Gasteiger partial charge on any atom is -0.395 e. The van der Waals surface area contributed by atoms with Crippen molar-refractivity contribution in [2.45, 2.75) is 33.6 Å². The van der Waals surface area contributed by atoms with Crippen molar-refractivity contribution in [3.05, 3.63) is 21.4 Å². The van der Waals surface area contributed by atoms with Crippen LogP contribution in [0.5, 0.6) is 0 Å². The van der Waals surface area contributed by atoms with Gasteiger partial charge in [-0.1, -0.05) is 32.1 Å². The van der Waals surface area contributed by atoms with Crippen LogP contribution < -0.4 is 0 Å². The molecule has 0 aliphatic carbocycles. The summed E-state index contributed by atoms with van der Waals surface area (Å²) in [7, 11) is 1.85. The summed E-state index contributed by atoms with van der Waals surface area (Å²) >= 11 is 1.43. The Morgan fingerprint density at radius 1 is 1.55 bits per heavy atom. The van der Waals surface area contributed by atoms with Gasteiger partial charge in [0.25, 0.3) is 5.91 Å². The molecule has 1 aromatic heterocycles. The second kappa shape index (κ2) is 8.08. The summed E-state index contributed by atoms with van der Waals surface area (Å²) in [5, 5.41) is 8.73. The molecule has 0 spiro atoms. The van der Waals surface area contributed by atoms with Gasteiger partial charge in [0.05, 0.1) is 16.4 Å². The molecule has 1 unspecified atom stereocenters. The zero-order valence-electron chi connectivity index (χ0n) is 12.7. The summed E-state index contributed by atoms with van der Waals surface area (Å²) < 4.78 is 0. The highest BCUT2D eigenvalue weighted by Gasteiger charge is 2.17. The van der Waals surface area contributed by atoms with Crippen LogP contribution in [0.4, 0.5) is 0 Å². The van der Waals surface area contributed by atoms with E-state index in [0.717, 1.165) is 28.3 Å². The fourth-order valence-corrected chi connectivity index (χ4v) is 2.82. The lowest BCUT2D eigenvalue weighted by Gasteiger charge is -2.19. The third kappa shape index (κ3) is 4.66. The van der Waals surface area contributed by atoms with Crippen molar-refractivity contribution in [2.75, 3.05) is 20.2 Å². The van der Waals surface area contributed by atoms with E-state index in [4.69, 9.17) is 5.11 Å². The van der Waals surface area contributed by atoms with Crippen molar-refractivity contribution in [3.8, 4) is 11.8 Å². The van der Waals surface area contributed by atoms with Gasteiger partial charge in [0.1, 0.15) is 0 Å². The fraction of sp³-hybridized carbons (Fsp3) is 0.562. The van der Waals surface area contributed by atoms with E-state index >= 15 is 0 Å². The lowest BCUT2D eigenvalue weighted by molar-refractivity contribution is 0.0779. The van der Waals surface area contributed by atoms with Crippen LogP contribution in [0.3, 0.4) is 0 Å². The SMILES string of the molecule is CCC(C)CN(C)C(=O)c1cc(C)c(C#CCCO)s1. The maximum atomic E-state index is 12.3. The first kappa shape index (κ1) is 16.7. The van der Waals surface area contributed by atoms with E-state index in [-0.39, 0.29) is 12.5 Å². The van der Waals surface area contributed by atoms with Crippen LogP contribution in [0.25, 0.3) is 0 Å². The Balaban J connectivity index is 2.80. The van der Waals surface area contributed by atoms with Gasteiger partial charge in [0.2, 0.25) is 0 Å². The van der Waals surface area contributed by atoms with E-state index in [9.17, 15) is 4.79 Å². The van der Waals surface area contributed by atoms with E-state index < -0.39 is 0 Å². The number of carbonyl (C=O) groups is 1. The highest BCUT2D eigenvalue weighted by Crippen LogP contribution is 2.22. The highest BCUT2D eigenvalue weighted by molar-refractivity contribution is 7.14. The van der Waals surface area contributed by atoms with Crippen molar-refractivity contribution >= 4 is 17.2 Å². The molecule has 1 aromatic rings. The molecule has 0 fully saturated rings. The largest absolute Gasteiger partial charge is 0.395 e. The minimum absolute atomic E-state index is 0.0635. The maximum absolute atomic E-state index is 12.3. The first-order valence-electron chi connectivity index (χ1n) is 6.95. The van der Waals surface area contributed by atoms with Gasteiger partial charge in [-0.15, -0.1) is 11.3 Å². The van der Waals surface area contributed by atoms with Crippen molar-refractivity contribution in [2.24, 2.45) is 5.92 Å². The summed E-state index contributed by atoms with van der Waals surface area (Å²) in [5.74, 6) is 6.49. The molecule has 1 atom stereocenters. The van der Waals surface area contributed by atoms with E-state index in [1.54, 1.807) is 4.90 Å². The maximum Gasteiger partial charge on any atom is 0.263 e. The number of aliphatic hydroxyl groups excluding tert-OH is 1. The standard InChI is InChI=1S/C16H23NO2S/c1-5-12(2)11-17(4)16(19)15-10-13(3)14(20-15)8-6-7-9-18/h10,12,18H,5,7,9,11H2,1-4H3. The van der Waals surface area contributed by atoms with E-state index in [2.05, 4.69) is 25.7 Å². The summed E-state index contributed by atoms with van der Waals surface area (Å²) in [6.45, 7) is 7.09. The molecule has 0 aromatic carbocycles. The van der Waals surface area contributed by atoms with Gasteiger partial charge in [-0.2, -0.15) is 0 Å². The molecule has 1 heterocycles. The van der Waals surface area contributed by atoms with Crippen LogP contribution in [0.2, 0.25) is 0 Å². The van der Waals surface area contributed by atoms with Crippen LogP contribution >= 0.6 is 11.3 Å². The first-order valence-corrected chi connectivity index (χ1v) is 7.76. The predicted octanol–water partition coefficient (Wildman–Crippen LogP) is 2.91. The molecule has 0 saturated carbocycles. The van der Waals surface area contributed by atoms with Crippen LogP contribution in [-0.2, 0) is 0 Å². The van der Waals surface area contributed by atoms with Crippen LogP contribution in [0.1, 0.15) is 46.8 Å². The zero-order chi connectivity index (χ0) is 15.1. The van der Waals surface area contributed by atoms with Gasteiger partial charge in [0.15, 0.2) is 0 Å². The number of nitrogens with zero attached hydrogens (tertiary/aromatic N) is 1. The number of hydrogen-bond acceptors (Lipinski definition) is 3. The smallest absolute Gasteiger partial charge is 0.263 e. The Hall–Kier alpha value is -1.31. The lowest BCUT2D eigenvalue weighted by atomic mass is 10.1. The van der Waals surface area contributed by atoms with Gasteiger partial charge in [-0.25, -0.2) is 0 Å². The molecule has 1 amide bonds. The van der Waals surface area contributed by atoms with E-state index in [0.29, 0.717) is 12.3 Å². The monoisotopic (exact) mass is 293 g/mol. The lowest BCUT2D eigenvalue weighted by Crippen LogP contribution is -2.30. The van der Waals surface area contributed by atoms with Gasteiger partial charge in [-0.3, -0.25) is 4.79 Å². The van der Waals surface area contributed by atoms with Gasteiger partial charge in [-0.05, 0) is 24.5 Å². The number of aryl methyl sites for hydroxylation is 1. The van der Waals surface area contributed by atoms with Crippen molar-refractivity contribution in [3.63, 3.8) is 0 Å². The number of amides is 1. The molecule has 3 nitrogen and oxygen atoms in total. The number of hydrogen-bond donors (Lipinski definition) is 1. The summed E-state index contributed by atoms with van der Waals surface area (Å²) in [6.07, 6.45) is 1.54. The minimum atomic E-state index is 0.0635. The zero-order valence-corrected chi connectivity index (χ0v) is 13.5. The molecule has 0 saturated heterocycles. The molecular weight excluding hydrogens is 270 g/mol. The topological polar surface area (TPSA) is 40.5 Å². The molecule has 0 bridgehead atoms. The first-order chi connectivity index (χ1) is 9.49. The second-order valence-electron chi connectivity index (χ2n) is 5.10. The molecular formula is C16H23NO2S. The van der Waals surface area contributed by atoms with Crippen LogP contribution in [0.15, 0.2) is 6.07 Å². The molecule has 1 rings (SSSR count). The number of rotatable bonds is 5. The van der Waals surface area contributed by atoms with E-state index in [1.165, 1.54) is 11.3 Å². The van der Waals surface area contributed by atoms with Gasteiger partial charge < -0.3 is 10.0 Å². The Kier molecular flexibility index (Phi) is 6.77. The summed E-state index contributed by atoms with van der Waals surface area (Å²) in [4.78, 5) is 15.8. The third-order valence-corrected chi connectivity index (χ3v) is 4.34. The number of aliphatic hydroxyl groups is 1. The second-order valence-corrected chi connectivity index (χ2v) is 6.15. The van der Waals surface area contributed by atoms with E-state index in [1.807, 2.05) is 20.0 Å². The fourth-order valence-electron chi connectivity index (χ4n) is 1.78. The predicted molar refractivity (Wildman–Crippen MR) is 84.1 cm³/mol. The van der Waals surface area contributed by atoms with Gasteiger partial charge in [0, 0.05) is 20.0 Å².